The summed E-state index contributed by atoms with van der Waals surface area (Å²) in [6.45, 7) is 0. The van der Waals surface area contributed by atoms with Crippen molar-refractivity contribution in [1.82, 2.24) is 15.5 Å². The Labute approximate surface area is 168 Å². The Morgan fingerprint density at radius 3 is 2.14 bits per heavy atom. The lowest BCUT2D eigenvalue weighted by Gasteiger charge is -2.31. The maximum Gasteiger partial charge on any atom is 0.440 e. The predicted molar refractivity (Wildman–Crippen MR) is 99.6 cm³/mol. The van der Waals surface area contributed by atoms with Gasteiger partial charge in [-0.05, 0) is 25.2 Å². The third-order valence-electron chi connectivity index (χ3n) is 6.50. The van der Waals surface area contributed by atoms with Gasteiger partial charge in [0.1, 0.15) is 0 Å². The van der Waals surface area contributed by atoms with Crippen molar-refractivity contribution in [3.63, 3.8) is 0 Å². The highest BCUT2D eigenvalue weighted by Crippen LogP contribution is 2.37. The fourth-order valence-corrected chi connectivity index (χ4v) is 4.83. The molecule has 0 aromatic carbocycles. The Morgan fingerprint density at radius 2 is 1.55 bits per heavy atom. The van der Waals surface area contributed by atoms with Gasteiger partial charge in [-0.25, -0.2) is 4.79 Å². The molecular weight excluding hydrogens is 387 g/mol. The summed E-state index contributed by atoms with van der Waals surface area (Å²) in [5.41, 5.74) is -3.36. The van der Waals surface area contributed by atoms with Gasteiger partial charge >= 0.3 is 12.2 Å². The predicted octanol–water partition coefficient (Wildman–Crippen LogP) is 4.00. The number of hydrogen-bond acceptors (Lipinski definition) is 3. The Kier molecular flexibility index (Phi) is 6.73. The number of amides is 4. The van der Waals surface area contributed by atoms with Gasteiger partial charge in [0.15, 0.2) is 0 Å². The van der Waals surface area contributed by atoms with Crippen LogP contribution in [0.1, 0.15) is 83.5 Å². The molecule has 0 aromatic heterocycles. The quantitative estimate of drug-likeness (QED) is 0.524. The van der Waals surface area contributed by atoms with E-state index in [0.29, 0.717) is 30.1 Å². The number of hydrogen-bond donors (Lipinski definition) is 2. The van der Waals surface area contributed by atoms with Crippen molar-refractivity contribution in [2.45, 2.75) is 101 Å². The van der Waals surface area contributed by atoms with Crippen molar-refractivity contribution >= 4 is 17.8 Å². The highest BCUT2D eigenvalue weighted by Gasteiger charge is 2.69. The molecular formula is C20H30F3N3O3. The Hall–Kier alpha value is -1.80. The minimum absolute atomic E-state index is 0.0882. The molecule has 1 heterocycles. The first-order chi connectivity index (χ1) is 13.7. The van der Waals surface area contributed by atoms with E-state index in [1.807, 2.05) is 5.32 Å². The smallest absolute Gasteiger partial charge is 0.318 e. The summed E-state index contributed by atoms with van der Waals surface area (Å²) in [6, 6.07) is -1.64. The molecule has 1 atom stereocenters. The second-order valence-corrected chi connectivity index (χ2v) is 8.59. The van der Waals surface area contributed by atoms with Gasteiger partial charge in [0.25, 0.3) is 11.6 Å². The average molecular weight is 417 g/mol. The van der Waals surface area contributed by atoms with Crippen LogP contribution in [-0.2, 0) is 9.59 Å². The van der Waals surface area contributed by atoms with Crippen molar-refractivity contribution in [1.29, 1.82) is 0 Å². The standard InChI is InChI=1S/C20H30F3N3O3/c21-20(22,23)19(24-16(27)13-12-14-8-4-3-5-9-14)17(28)26(18(29)25-19)15-10-6-1-2-7-11-15/h14-15H,1-13H2,(H,24,27)(H,25,29). The molecule has 3 aliphatic rings. The fourth-order valence-electron chi connectivity index (χ4n) is 4.83. The first kappa shape index (κ1) is 21.9. The van der Waals surface area contributed by atoms with Gasteiger partial charge in [0.2, 0.25) is 5.91 Å². The third-order valence-corrected chi connectivity index (χ3v) is 6.50. The fraction of sp³-hybridized carbons (Fsp3) is 0.850. The van der Waals surface area contributed by atoms with Crippen molar-refractivity contribution in [2.24, 2.45) is 5.92 Å². The molecule has 0 radical (unpaired) electrons. The third kappa shape index (κ3) is 4.69. The van der Waals surface area contributed by atoms with E-state index >= 15 is 0 Å². The minimum Gasteiger partial charge on any atom is -0.318 e. The van der Waals surface area contributed by atoms with Crippen LogP contribution in [0.3, 0.4) is 0 Å². The van der Waals surface area contributed by atoms with Gasteiger partial charge in [0.05, 0.1) is 0 Å². The average Bonchev–Trinajstić information content (AvgIpc) is 2.84. The van der Waals surface area contributed by atoms with Gasteiger partial charge in [-0.2, -0.15) is 13.2 Å². The zero-order valence-electron chi connectivity index (χ0n) is 16.7. The van der Waals surface area contributed by atoms with Crippen LogP contribution in [0.25, 0.3) is 0 Å². The summed E-state index contributed by atoms with van der Waals surface area (Å²) in [6.07, 6.45) is 4.89. The number of urea groups is 1. The minimum atomic E-state index is -5.13. The molecule has 0 spiro atoms. The molecule has 2 saturated carbocycles. The van der Waals surface area contributed by atoms with Crippen molar-refractivity contribution in [3.8, 4) is 0 Å². The van der Waals surface area contributed by atoms with E-state index in [1.54, 1.807) is 5.32 Å². The molecule has 0 bridgehead atoms. The van der Waals surface area contributed by atoms with Gasteiger partial charge < -0.3 is 5.32 Å². The van der Waals surface area contributed by atoms with E-state index in [0.717, 1.165) is 57.8 Å². The number of halogens is 3. The second-order valence-electron chi connectivity index (χ2n) is 8.59. The molecule has 9 heteroatoms. The Morgan fingerprint density at radius 1 is 1.00 bits per heavy atom. The largest absolute Gasteiger partial charge is 0.440 e. The first-order valence-electron chi connectivity index (χ1n) is 10.8. The van der Waals surface area contributed by atoms with E-state index in [4.69, 9.17) is 0 Å². The summed E-state index contributed by atoms with van der Waals surface area (Å²) < 4.78 is 41.8. The van der Waals surface area contributed by atoms with E-state index in [2.05, 4.69) is 0 Å². The SMILES string of the molecule is O=C(CCC1CCCCC1)NC1(C(F)(F)F)NC(=O)N(C2CCCCCC2)C1=O. The highest BCUT2D eigenvalue weighted by atomic mass is 19.4. The van der Waals surface area contributed by atoms with Gasteiger partial charge in [-0.15, -0.1) is 0 Å². The number of nitrogens with one attached hydrogen (secondary N) is 2. The lowest BCUT2D eigenvalue weighted by atomic mass is 9.86. The summed E-state index contributed by atoms with van der Waals surface area (Å²) in [4.78, 5) is 38.3. The van der Waals surface area contributed by atoms with Crippen molar-refractivity contribution < 1.29 is 27.6 Å². The van der Waals surface area contributed by atoms with E-state index in [-0.39, 0.29) is 6.42 Å². The molecule has 3 rings (SSSR count). The number of nitrogens with zero attached hydrogens (tertiary/aromatic N) is 1. The number of carbonyl (C=O) groups excluding carboxylic acids is 3. The van der Waals surface area contributed by atoms with Crippen LogP contribution >= 0.6 is 0 Å². The van der Waals surface area contributed by atoms with Gasteiger partial charge in [0, 0.05) is 12.5 Å². The molecule has 2 aliphatic carbocycles. The van der Waals surface area contributed by atoms with E-state index in [1.165, 1.54) is 0 Å². The molecule has 29 heavy (non-hydrogen) atoms. The maximum absolute atomic E-state index is 13.9. The van der Waals surface area contributed by atoms with Crippen molar-refractivity contribution in [3.05, 3.63) is 0 Å². The summed E-state index contributed by atoms with van der Waals surface area (Å²) in [5.74, 6) is -1.94. The van der Waals surface area contributed by atoms with Crippen LogP contribution in [0.15, 0.2) is 0 Å². The molecule has 164 valence electrons. The van der Waals surface area contributed by atoms with E-state index < -0.39 is 35.7 Å². The number of alkyl halides is 3. The maximum atomic E-state index is 13.9. The molecule has 0 aromatic rings. The molecule has 4 amide bonds. The van der Waals surface area contributed by atoms with Crippen LogP contribution in [0, 0.1) is 5.92 Å². The highest BCUT2D eigenvalue weighted by molar-refractivity contribution is 6.09. The summed E-state index contributed by atoms with van der Waals surface area (Å²) in [7, 11) is 0. The molecule has 6 nitrogen and oxygen atoms in total. The Bertz CT molecular complexity index is 626. The monoisotopic (exact) mass is 417 g/mol. The van der Waals surface area contributed by atoms with Gasteiger partial charge in [-0.3, -0.25) is 19.8 Å². The number of imide groups is 1. The number of rotatable bonds is 5. The first-order valence-corrected chi connectivity index (χ1v) is 10.8. The van der Waals surface area contributed by atoms with Crippen LogP contribution in [0.4, 0.5) is 18.0 Å². The normalized spacial score (nSPS) is 27.6. The lowest BCUT2D eigenvalue weighted by molar-refractivity contribution is -0.204. The van der Waals surface area contributed by atoms with E-state index in [9.17, 15) is 27.6 Å². The Balaban J connectivity index is 1.71. The zero-order chi connectivity index (χ0) is 21.1. The molecule has 2 N–H and O–H groups in total. The zero-order valence-corrected chi connectivity index (χ0v) is 16.7. The molecule has 1 aliphatic heterocycles. The van der Waals surface area contributed by atoms with Crippen LogP contribution in [0.5, 0.6) is 0 Å². The molecule has 1 unspecified atom stereocenters. The second kappa shape index (κ2) is 8.92. The molecule has 1 saturated heterocycles. The topological polar surface area (TPSA) is 78.5 Å². The number of carbonyl (C=O) groups is 3. The van der Waals surface area contributed by atoms with Crippen LogP contribution < -0.4 is 10.6 Å². The van der Waals surface area contributed by atoms with Crippen LogP contribution in [0.2, 0.25) is 0 Å². The van der Waals surface area contributed by atoms with Crippen LogP contribution in [-0.4, -0.2) is 40.6 Å². The lowest BCUT2D eigenvalue weighted by Crippen LogP contribution is -2.69. The summed E-state index contributed by atoms with van der Waals surface area (Å²) >= 11 is 0. The molecule has 3 fully saturated rings. The summed E-state index contributed by atoms with van der Waals surface area (Å²) in [5, 5.41) is 3.62. The van der Waals surface area contributed by atoms with Gasteiger partial charge in [-0.1, -0.05) is 57.8 Å². The van der Waals surface area contributed by atoms with Crippen molar-refractivity contribution in [2.75, 3.05) is 0 Å².